The Morgan fingerprint density at radius 2 is 1.79 bits per heavy atom. The van der Waals surface area contributed by atoms with Gasteiger partial charge >= 0.3 is 10.1 Å². The molecule has 24 heavy (non-hydrogen) atoms. The molecule has 3 aromatic rings. The number of benzene rings is 2. The maximum absolute atomic E-state index is 12.6. The lowest BCUT2D eigenvalue weighted by atomic mass is 10.2. The van der Waals surface area contributed by atoms with Crippen LogP contribution in [0, 0.1) is 0 Å². The van der Waals surface area contributed by atoms with Gasteiger partial charge in [-0.25, -0.2) is 0 Å². The maximum Gasteiger partial charge on any atom is 0.340 e. The van der Waals surface area contributed by atoms with Gasteiger partial charge in [0.2, 0.25) is 0 Å². The number of nitrogens with zero attached hydrogens (tertiary/aromatic N) is 1. The van der Waals surface area contributed by atoms with E-state index in [-0.39, 0.29) is 21.2 Å². The van der Waals surface area contributed by atoms with Crippen LogP contribution in [0.4, 0.5) is 0 Å². The van der Waals surface area contributed by atoms with E-state index in [4.69, 9.17) is 27.4 Å². The predicted molar refractivity (Wildman–Crippen MR) is 101 cm³/mol. The molecule has 124 valence electrons. The highest BCUT2D eigenvalue weighted by atomic mass is 79.9. The molecule has 9 heteroatoms. The van der Waals surface area contributed by atoms with Crippen LogP contribution in [0.5, 0.6) is 5.75 Å². The first-order chi connectivity index (χ1) is 11.3. The molecule has 0 radical (unpaired) electrons. The first-order valence-electron chi connectivity index (χ1n) is 6.42. The Kier molecular flexibility index (Phi) is 5.09. The molecular weight excluding hydrogens is 505 g/mol. The fourth-order valence-corrected chi connectivity index (χ4v) is 5.31. The minimum absolute atomic E-state index is 0.0270. The molecule has 1 heterocycles. The van der Waals surface area contributed by atoms with Gasteiger partial charge in [0.25, 0.3) is 0 Å². The average Bonchev–Trinajstić information content (AvgIpc) is 2.51. The summed E-state index contributed by atoms with van der Waals surface area (Å²) in [7, 11) is -4.12. The number of rotatable bonds is 3. The van der Waals surface area contributed by atoms with Gasteiger partial charge < -0.3 is 4.18 Å². The number of hydrogen-bond donors (Lipinski definition) is 0. The van der Waals surface area contributed by atoms with E-state index >= 15 is 0 Å². The molecule has 0 N–H and O–H groups in total. The molecule has 0 amide bonds. The topological polar surface area (TPSA) is 56.3 Å². The molecule has 0 atom stereocenters. The molecule has 0 unspecified atom stereocenters. The number of halogens is 4. The van der Waals surface area contributed by atoms with Gasteiger partial charge in [-0.05, 0) is 52.3 Å². The molecule has 0 aliphatic rings. The number of fused-ring (bicyclic) bond motifs is 1. The zero-order valence-corrected chi connectivity index (χ0v) is 17.1. The quantitative estimate of drug-likeness (QED) is 0.415. The molecule has 0 aliphatic heterocycles. The van der Waals surface area contributed by atoms with Crippen LogP contribution in [-0.4, -0.2) is 13.4 Å². The fraction of sp³-hybridized carbons (Fsp3) is 0. The van der Waals surface area contributed by atoms with Crippen molar-refractivity contribution in [2.75, 3.05) is 0 Å². The number of pyridine rings is 1. The van der Waals surface area contributed by atoms with Crippen molar-refractivity contribution in [3.05, 3.63) is 61.6 Å². The summed E-state index contributed by atoms with van der Waals surface area (Å²) in [4.78, 5) is 4.11. The molecule has 3 rings (SSSR count). The Bertz CT molecular complexity index is 1060. The van der Waals surface area contributed by atoms with Gasteiger partial charge in [-0.15, -0.1) is 0 Å². The van der Waals surface area contributed by atoms with Crippen LogP contribution in [0.25, 0.3) is 10.9 Å². The van der Waals surface area contributed by atoms with Crippen molar-refractivity contribution in [3.8, 4) is 5.75 Å². The summed E-state index contributed by atoms with van der Waals surface area (Å²) in [6.07, 6.45) is 1.50. The highest BCUT2D eigenvalue weighted by Crippen LogP contribution is 2.39. The van der Waals surface area contributed by atoms with E-state index in [2.05, 4.69) is 36.8 Å². The van der Waals surface area contributed by atoms with Crippen LogP contribution in [0.15, 0.2) is 56.4 Å². The van der Waals surface area contributed by atoms with Gasteiger partial charge in [-0.3, -0.25) is 4.98 Å². The Balaban J connectivity index is 2.16. The summed E-state index contributed by atoms with van der Waals surface area (Å²) in [6.45, 7) is 0. The molecule has 0 saturated carbocycles. The van der Waals surface area contributed by atoms with E-state index in [0.717, 1.165) is 4.47 Å². The van der Waals surface area contributed by atoms with Crippen LogP contribution in [0.3, 0.4) is 0 Å². The lowest BCUT2D eigenvalue weighted by molar-refractivity contribution is 0.487. The monoisotopic (exact) mass is 509 g/mol. The van der Waals surface area contributed by atoms with E-state index in [1.165, 1.54) is 18.3 Å². The molecule has 1 aromatic heterocycles. The highest BCUT2D eigenvalue weighted by Gasteiger charge is 2.24. The second-order valence-corrected chi connectivity index (χ2v) is 8.78. The van der Waals surface area contributed by atoms with Gasteiger partial charge in [0.15, 0.2) is 5.75 Å². The van der Waals surface area contributed by atoms with Gasteiger partial charge in [0, 0.05) is 20.5 Å². The van der Waals surface area contributed by atoms with Crippen LogP contribution in [0.1, 0.15) is 0 Å². The number of hydrogen-bond acceptors (Lipinski definition) is 4. The van der Waals surface area contributed by atoms with Crippen molar-refractivity contribution in [3.63, 3.8) is 0 Å². The van der Waals surface area contributed by atoms with E-state index in [0.29, 0.717) is 14.9 Å². The van der Waals surface area contributed by atoms with Crippen molar-refractivity contribution in [2.45, 2.75) is 4.90 Å². The third-order valence-electron chi connectivity index (χ3n) is 3.11. The van der Waals surface area contributed by atoms with Crippen molar-refractivity contribution in [1.82, 2.24) is 4.98 Å². The Morgan fingerprint density at radius 1 is 1.04 bits per heavy atom. The Morgan fingerprint density at radius 3 is 2.50 bits per heavy atom. The largest absolute Gasteiger partial charge is 0.375 e. The summed E-state index contributed by atoms with van der Waals surface area (Å²) in [5.41, 5.74) is 0.270. The molecule has 2 aromatic carbocycles. The first-order valence-corrected chi connectivity index (χ1v) is 10.2. The Hall–Kier alpha value is -0.860. The summed E-state index contributed by atoms with van der Waals surface area (Å²) < 4.78 is 31.6. The first kappa shape index (κ1) is 17.9. The number of aromatic nitrogens is 1. The van der Waals surface area contributed by atoms with E-state index < -0.39 is 10.1 Å². The fourth-order valence-electron chi connectivity index (χ4n) is 2.06. The molecule has 0 bridgehead atoms. The Labute approximate surface area is 165 Å². The zero-order chi connectivity index (χ0) is 17.5. The summed E-state index contributed by atoms with van der Waals surface area (Å²) >= 11 is 18.7. The van der Waals surface area contributed by atoms with Crippen molar-refractivity contribution >= 4 is 76.1 Å². The summed E-state index contributed by atoms with van der Waals surface area (Å²) in [5.74, 6) is -0.0634. The SMILES string of the molecule is O=S(=O)(Oc1c(Cl)cc(Cl)c2cccnc12)c1ccc(Br)cc1Br. The van der Waals surface area contributed by atoms with Crippen LogP contribution < -0.4 is 4.18 Å². The van der Waals surface area contributed by atoms with Gasteiger partial charge in [0.1, 0.15) is 10.4 Å². The highest BCUT2D eigenvalue weighted by molar-refractivity contribution is 9.11. The smallest absolute Gasteiger partial charge is 0.340 e. The third-order valence-corrected chi connectivity index (χ3v) is 6.39. The van der Waals surface area contributed by atoms with E-state index in [9.17, 15) is 8.42 Å². The average molecular weight is 512 g/mol. The van der Waals surface area contributed by atoms with Crippen LogP contribution in [-0.2, 0) is 10.1 Å². The van der Waals surface area contributed by atoms with E-state index in [1.54, 1.807) is 24.3 Å². The molecule has 0 saturated heterocycles. The van der Waals surface area contributed by atoms with E-state index in [1.807, 2.05) is 0 Å². The van der Waals surface area contributed by atoms with Crippen molar-refractivity contribution in [1.29, 1.82) is 0 Å². The minimum Gasteiger partial charge on any atom is -0.375 e. The molecule has 0 aliphatic carbocycles. The maximum atomic E-state index is 12.6. The second-order valence-electron chi connectivity index (χ2n) is 4.68. The third kappa shape index (κ3) is 3.41. The van der Waals surface area contributed by atoms with Crippen molar-refractivity contribution in [2.24, 2.45) is 0 Å². The standard InChI is InChI=1S/C15H7Br2Cl2NO3S/c16-8-3-4-13(10(17)6-8)24(21,22)23-15-12(19)7-11(18)9-2-1-5-20-14(9)15/h1-7H. The summed E-state index contributed by atoms with van der Waals surface area (Å²) in [6, 6.07) is 9.44. The van der Waals surface area contributed by atoms with Crippen LogP contribution in [0.2, 0.25) is 10.0 Å². The van der Waals surface area contributed by atoms with Gasteiger partial charge in [-0.1, -0.05) is 39.1 Å². The minimum atomic E-state index is -4.12. The zero-order valence-electron chi connectivity index (χ0n) is 11.6. The lowest BCUT2D eigenvalue weighted by Crippen LogP contribution is -2.11. The molecule has 4 nitrogen and oxygen atoms in total. The molecule has 0 fully saturated rings. The van der Waals surface area contributed by atoms with Crippen LogP contribution >= 0.6 is 55.1 Å². The van der Waals surface area contributed by atoms with Gasteiger partial charge in [-0.2, -0.15) is 8.42 Å². The molecular formula is C15H7Br2Cl2NO3S. The normalized spacial score (nSPS) is 11.7. The lowest BCUT2D eigenvalue weighted by Gasteiger charge is -2.12. The van der Waals surface area contributed by atoms with Crippen molar-refractivity contribution < 1.29 is 12.6 Å². The predicted octanol–water partition coefficient (Wildman–Crippen LogP) is 5.83. The molecule has 0 spiro atoms. The summed E-state index contributed by atoms with van der Waals surface area (Å²) in [5, 5.41) is 0.962. The van der Waals surface area contributed by atoms with Gasteiger partial charge in [0.05, 0.1) is 10.0 Å². The second kappa shape index (κ2) is 6.80.